The average Bonchev–Trinajstić information content (AvgIpc) is 2.55. The Labute approximate surface area is 124 Å². The molecule has 3 aromatic rings. The van der Waals surface area contributed by atoms with Crippen LogP contribution in [-0.2, 0) is 12.8 Å². The van der Waals surface area contributed by atoms with Gasteiger partial charge in [0.25, 0.3) is 0 Å². The van der Waals surface area contributed by atoms with Crippen molar-refractivity contribution in [3.63, 3.8) is 0 Å². The maximum Gasteiger partial charge on any atom is 0.0852 e. The molecule has 21 heavy (non-hydrogen) atoms. The molecule has 0 aliphatic heterocycles. The van der Waals surface area contributed by atoms with Gasteiger partial charge >= 0.3 is 0 Å². The molecule has 0 aliphatic carbocycles. The zero-order valence-corrected chi connectivity index (χ0v) is 12.0. The van der Waals surface area contributed by atoms with Gasteiger partial charge in [-0.25, -0.2) is 0 Å². The third kappa shape index (κ3) is 2.93. The van der Waals surface area contributed by atoms with Crippen LogP contribution in [0.3, 0.4) is 0 Å². The SMILES string of the molecule is CCc1ccc(CC(O)c2cccc3ncccc23)nc1. The zero-order chi connectivity index (χ0) is 14.7. The molecule has 1 unspecified atom stereocenters. The Morgan fingerprint density at radius 1 is 1.05 bits per heavy atom. The summed E-state index contributed by atoms with van der Waals surface area (Å²) in [5.74, 6) is 0. The summed E-state index contributed by atoms with van der Waals surface area (Å²) >= 11 is 0. The summed E-state index contributed by atoms with van der Waals surface area (Å²) in [4.78, 5) is 8.75. The van der Waals surface area contributed by atoms with Gasteiger partial charge in [0, 0.05) is 29.9 Å². The lowest BCUT2D eigenvalue weighted by molar-refractivity contribution is 0.179. The van der Waals surface area contributed by atoms with E-state index in [1.54, 1.807) is 6.20 Å². The van der Waals surface area contributed by atoms with Crippen LogP contribution in [0.1, 0.15) is 29.8 Å². The number of aryl methyl sites for hydroxylation is 1. The second-order valence-electron chi connectivity index (χ2n) is 5.15. The van der Waals surface area contributed by atoms with Gasteiger partial charge in [-0.3, -0.25) is 9.97 Å². The average molecular weight is 278 g/mol. The Kier molecular flexibility index (Phi) is 3.93. The predicted octanol–water partition coefficient (Wildman–Crippen LogP) is 3.47. The summed E-state index contributed by atoms with van der Waals surface area (Å²) in [5.41, 5.74) is 3.92. The molecule has 0 spiro atoms. The number of aliphatic hydroxyl groups is 1. The van der Waals surface area contributed by atoms with E-state index in [-0.39, 0.29) is 0 Å². The maximum atomic E-state index is 10.5. The third-order valence-electron chi connectivity index (χ3n) is 3.74. The van der Waals surface area contributed by atoms with Gasteiger partial charge < -0.3 is 5.11 Å². The van der Waals surface area contributed by atoms with Gasteiger partial charge in [0.05, 0.1) is 11.6 Å². The van der Waals surface area contributed by atoms with Crippen molar-refractivity contribution in [2.24, 2.45) is 0 Å². The first kappa shape index (κ1) is 13.7. The lowest BCUT2D eigenvalue weighted by Crippen LogP contribution is -2.04. The van der Waals surface area contributed by atoms with Gasteiger partial charge in [-0.1, -0.05) is 31.2 Å². The van der Waals surface area contributed by atoms with Crippen LogP contribution in [0.5, 0.6) is 0 Å². The highest BCUT2D eigenvalue weighted by Crippen LogP contribution is 2.25. The van der Waals surface area contributed by atoms with E-state index in [1.165, 1.54) is 5.56 Å². The number of aromatic nitrogens is 2. The number of nitrogens with zero attached hydrogens (tertiary/aromatic N) is 2. The molecule has 2 heterocycles. The van der Waals surface area contributed by atoms with Crippen molar-refractivity contribution < 1.29 is 5.11 Å². The maximum absolute atomic E-state index is 10.5. The summed E-state index contributed by atoms with van der Waals surface area (Å²) in [7, 11) is 0. The van der Waals surface area contributed by atoms with Crippen LogP contribution in [0.4, 0.5) is 0 Å². The third-order valence-corrected chi connectivity index (χ3v) is 3.74. The van der Waals surface area contributed by atoms with E-state index in [0.717, 1.165) is 28.6 Å². The van der Waals surface area contributed by atoms with Crippen molar-refractivity contribution in [2.75, 3.05) is 0 Å². The highest BCUT2D eigenvalue weighted by molar-refractivity contribution is 5.82. The lowest BCUT2D eigenvalue weighted by atomic mass is 9.99. The van der Waals surface area contributed by atoms with Crippen LogP contribution >= 0.6 is 0 Å². The topological polar surface area (TPSA) is 46.0 Å². The quantitative estimate of drug-likeness (QED) is 0.795. The van der Waals surface area contributed by atoms with Crippen molar-refractivity contribution >= 4 is 10.9 Å². The number of benzene rings is 1. The molecule has 1 N–H and O–H groups in total. The number of hydrogen-bond acceptors (Lipinski definition) is 3. The van der Waals surface area contributed by atoms with Crippen molar-refractivity contribution in [3.05, 3.63) is 71.7 Å². The smallest absolute Gasteiger partial charge is 0.0852 e. The largest absolute Gasteiger partial charge is 0.388 e. The number of fused-ring (bicyclic) bond motifs is 1. The summed E-state index contributed by atoms with van der Waals surface area (Å²) in [6.07, 6.45) is 4.57. The Bertz CT molecular complexity index is 732. The highest BCUT2D eigenvalue weighted by Gasteiger charge is 2.12. The molecule has 3 rings (SSSR count). The van der Waals surface area contributed by atoms with Crippen molar-refractivity contribution in [2.45, 2.75) is 25.9 Å². The molecule has 3 nitrogen and oxygen atoms in total. The molecule has 0 saturated heterocycles. The normalized spacial score (nSPS) is 12.5. The molecule has 0 radical (unpaired) electrons. The summed E-state index contributed by atoms with van der Waals surface area (Å²) in [6, 6.07) is 13.8. The zero-order valence-electron chi connectivity index (χ0n) is 12.0. The van der Waals surface area contributed by atoms with E-state index >= 15 is 0 Å². The molecule has 0 amide bonds. The van der Waals surface area contributed by atoms with E-state index in [9.17, 15) is 5.11 Å². The minimum absolute atomic E-state index is 0.512. The molecule has 1 atom stereocenters. The molecule has 0 aliphatic rings. The number of rotatable bonds is 4. The van der Waals surface area contributed by atoms with Crippen LogP contribution in [-0.4, -0.2) is 15.1 Å². The van der Waals surface area contributed by atoms with Crippen LogP contribution in [0.2, 0.25) is 0 Å². The van der Waals surface area contributed by atoms with E-state index in [1.807, 2.05) is 42.6 Å². The summed E-state index contributed by atoms with van der Waals surface area (Å²) in [5, 5.41) is 11.5. The fourth-order valence-corrected chi connectivity index (χ4v) is 2.51. The molecule has 2 aromatic heterocycles. The molecule has 0 bridgehead atoms. The van der Waals surface area contributed by atoms with Gasteiger partial charge in [0.1, 0.15) is 0 Å². The van der Waals surface area contributed by atoms with Gasteiger partial charge in [0.2, 0.25) is 0 Å². The second kappa shape index (κ2) is 6.02. The van der Waals surface area contributed by atoms with Crippen molar-refractivity contribution in [1.82, 2.24) is 9.97 Å². The molecule has 0 saturated carbocycles. The standard InChI is InChI=1S/C18H18N2O/c1-2-13-8-9-14(20-12-13)11-18(21)16-5-3-7-17-15(16)6-4-10-19-17/h3-10,12,18,21H,2,11H2,1H3. The molecule has 1 aromatic carbocycles. The number of aliphatic hydroxyl groups excluding tert-OH is 1. The van der Waals surface area contributed by atoms with E-state index in [0.29, 0.717) is 6.42 Å². The van der Waals surface area contributed by atoms with Gasteiger partial charge in [0.15, 0.2) is 0 Å². The van der Waals surface area contributed by atoms with E-state index in [2.05, 4.69) is 23.0 Å². The van der Waals surface area contributed by atoms with Gasteiger partial charge in [-0.15, -0.1) is 0 Å². The number of pyridine rings is 2. The first-order valence-corrected chi connectivity index (χ1v) is 7.23. The summed E-state index contributed by atoms with van der Waals surface area (Å²) in [6.45, 7) is 2.11. The van der Waals surface area contributed by atoms with E-state index < -0.39 is 6.10 Å². The van der Waals surface area contributed by atoms with E-state index in [4.69, 9.17) is 0 Å². The second-order valence-corrected chi connectivity index (χ2v) is 5.15. The van der Waals surface area contributed by atoms with Gasteiger partial charge in [-0.05, 0) is 35.7 Å². The predicted molar refractivity (Wildman–Crippen MR) is 84.0 cm³/mol. The Balaban J connectivity index is 1.88. The van der Waals surface area contributed by atoms with Crippen molar-refractivity contribution in [3.8, 4) is 0 Å². The van der Waals surface area contributed by atoms with Crippen LogP contribution < -0.4 is 0 Å². The highest BCUT2D eigenvalue weighted by atomic mass is 16.3. The summed E-state index contributed by atoms with van der Waals surface area (Å²) < 4.78 is 0. The van der Waals surface area contributed by atoms with Crippen molar-refractivity contribution in [1.29, 1.82) is 0 Å². The Hall–Kier alpha value is -2.26. The van der Waals surface area contributed by atoms with Crippen LogP contribution in [0.15, 0.2) is 54.9 Å². The minimum atomic E-state index is -0.571. The monoisotopic (exact) mass is 278 g/mol. The molecule has 0 fully saturated rings. The van der Waals surface area contributed by atoms with Gasteiger partial charge in [-0.2, -0.15) is 0 Å². The molecule has 3 heteroatoms. The first-order valence-electron chi connectivity index (χ1n) is 7.23. The minimum Gasteiger partial charge on any atom is -0.388 e. The van der Waals surface area contributed by atoms with Crippen LogP contribution in [0, 0.1) is 0 Å². The first-order chi connectivity index (χ1) is 10.3. The lowest BCUT2D eigenvalue weighted by Gasteiger charge is -2.13. The fourth-order valence-electron chi connectivity index (χ4n) is 2.51. The molecular weight excluding hydrogens is 260 g/mol. The van der Waals surface area contributed by atoms with Crippen LogP contribution in [0.25, 0.3) is 10.9 Å². The fraction of sp³-hybridized carbons (Fsp3) is 0.222. The molecular formula is C18H18N2O. The Morgan fingerprint density at radius 2 is 1.95 bits per heavy atom. The number of hydrogen-bond donors (Lipinski definition) is 1. The molecule has 106 valence electrons. The Morgan fingerprint density at radius 3 is 2.71 bits per heavy atom.